The van der Waals surface area contributed by atoms with Gasteiger partial charge in [-0.05, 0) is 80.4 Å². The van der Waals surface area contributed by atoms with Crippen LogP contribution in [0.3, 0.4) is 0 Å². The van der Waals surface area contributed by atoms with E-state index >= 15 is 0 Å². The van der Waals surface area contributed by atoms with Crippen molar-refractivity contribution in [3.8, 4) is 34.1 Å². The summed E-state index contributed by atoms with van der Waals surface area (Å²) in [5.74, 6) is 1.84. The molecule has 4 rings (SSSR count). The molecule has 3 N–H and O–H groups in total. The number of fused-ring (bicyclic) bond motifs is 3. The number of likely N-dealkylation sites (N-methyl/N-ethyl adjacent to an activating group) is 1. The van der Waals surface area contributed by atoms with Crippen LogP contribution in [0, 0.1) is 0 Å². The van der Waals surface area contributed by atoms with E-state index in [0.717, 1.165) is 23.2 Å². The second-order valence-corrected chi connectivity index (χ2v) is 11.4. The highest BCUT2D eigenvalue weighted by Crippen LogP contribution is 2.50. The average Bonchev–Trinajstić information content (AvgIpc) is 3.26. The summed E-state index contributed by atoms with van der Waals surface area (Å²) in [4.78, 5) is 40.4. The fourth-order valence-corrected chi connectivity index (χ4v) is 5.56. The smallest absolute Gasteiger partial charge is 0.224 e. The van der Waals surface area contributed by atoms with Gasteiger partial charge in [-0.25, -0.2) is 0 Å². The maximum atomic E-state index is 13.5. The number of benzene rings is 2. The van der Waals surface area contributed by atoms with E-state index in [4.69, 9.17) is 18.9 Å². The van der Waals surface area contributed by atoms with Gasteiger partial charge in [0.1, 0.15) is 12.4 Å². The monoisotopic (exact) mass is 632 g/mol. The van der Waals surface area contributed by atoms with Gasteiger partial charge in [0.25, 0.3) is 0 Å². The minimum atomic E-state index is -0.393. The summed E-state index contributed by atoms with van der Waals surface area (Å²) >= 11 is 0. The van der Waals surface area contributed by atoms with Gasteiger partial charge in [0.2, 0.25) is 23.0 Å². The average molecular weight is 633 g/mol. The van der Waals surface area contributed by atoms with Crippen LogP contribution in [-0.4, -0.2) is 71.8 Å². The first-order chi connectivity index (χ1) is 22.1. The molecule has 3 aromatic rings. The molecule has 11 nitrogen and oxygen atoms in total. The molecular formula is C35H44N4O7. The lowest BCUT2D eigenvalue weighted by Gasteiger charge is -2.19. The van der Waals surface area contributed by atoms with E-state index in [1.165, 1.54) is 6.92 Å². The van der Waals surface area contributed by atoms with Crippen molar-refractivity contribution in [1.82, 2.24) is 10.2 Å². The highest BCUT2D eigenvalue weighted by Gasteiger charge is 2.29. The molecule has 11 heteroatoms. The lowest BCUT2D eigenvalue weighted by Crippen LogP contribution is -2.26. The molecule has 1 aliphatic carbocycles. The summed E-state index contributed by atoms with van der Waals surface area (Å²) in [6, 6.07) is 14.0. The maximum Gasteiger partial charge on any atom is 0.224 e. The number of aryl methyl sites for hydroxylation is 1. The molecule has 1 atom stereocenters. The second-order valence-electron chi connectivity index (χ2n) is 11.4. The van der Waals surface area contributed by atoms with Crippen molar-refractivity contribution in [1.29, 1.82) is 0 Å². The normalized spacial score (nSPS) is 13.5. The number of methoxy groups -OCH3 is 3. The van der Waals surface area contributed by atoms with Crippen LogP contribution in [-0.2, 0) is 16.0 Å². The topological polar surface area (TPSA) is 127 Å². The fourth-order valence-electron chi connectivity index (χ4n) is 5.56. The van der Waals surface area contributed by atoms with Crippen molar-refractivity contribution in [3.63, 3.8) is 0 Å². The van der Waals surface area contributed by atoms with Gasteiger partial charge in [0.15, 0.2) is 11.5 Å². The van der Waals surface area contributed by atoms with Gasteiger partial charge in [0, 0.05) is 43.8 Å². The number of amides is 2. The Morgan fingerprint density at radius 2 is 1.76 bits per heavy atom. The van der Waals surface area contributed by atoms with Gasteiger partial charge in [0.05, 0.1) is 33.1 Å². The molecule has 0 fully saturated rings. The quantitative estimate of drug-likeness (QED) is 0.218. The minimum Gasteiger partial charge on any atom is -0.493 e. The van der Waals surface area contributed by atoms with Crippen LogP contribution in [0.2, 0.25) is 0 Å². The van der Waals surface area contributed by atoms with Gasteiger partial charge >= 0.3 is 0 Å². The third-order valence-corrected chi connectivity index (χ3v) is 7.74. The van der Waals surface area contributed by atoms with Crippen LogP contribution in [0.15, 0.2) is 53.3 Å². The van der Waals surface area contributed by atoms with Crippen molar-refractivity contribution in [2.75, 3.05) is 65.8 Å². The standard InChI is InChI=1S/C35H44N4O7/c1-22(40)37-28-14-12-23-19-31(43-4)34(44-5)35(45-6)33(23)26-13-15-29(30(41)21-27(26)28)36-16-8-11-32(42)38-24-9-7-10-25(20-24)46-18-17-39(2)3/h7,9-10,13,15,19-21,28H,8,11-12,14,16-18H2,1-6H3,(H,36,41)(H,37,40)(H,38,42)/t28-/m0/s1. The Morgan fingerprint density at radius 1 is 0.978 bits per heavy atom. The summed E-state index contributed by atoms with van der Waals surface area (Å²) in [6.45, 7) is 3.21. The first-order valence-corrected chi connectivity index (χ1v) is 15.3. The zero-order valence-electron chi connectivity index (χ0n) is 27.5. The van der Waals surface area contributed by atoms with Gasteiger partial charge in [-0.15, -0.1) is 0 Å². The number of carbonyl (C=O) groups excluding carboxylic acids is 2. The molecule has 0 unspecified atom stereocenters. The van der Waals surface area contributed by atoms with Crippen LogP contribution in [0.4, 0.5) is 11.4 Å². The predicted molar refractivity (Wildman–Crippen MR) is 180 cm³/mol. The Labute approximate surface area is 270 Å². The third-order valence-electron chi connectivity index (χ3n) is 7.74. The Balaban J connectivity index is 1.51. The fraction of sp³-hybridized carbons (Fsp3) is 0.400. The number of hydrogen-bond acceptors (Lipinski definition) is 9. The zero-order valence-corrected chi connectivity index (χ0v) is 27.5. The van der Waals surface area contributed by atoms with E-state index in [9.17, 15) is 14.4 Å². The molecular weight excluding hydrogens is 588 g/mol. The number of hydrogen-bond donors (Lipinski definition) is 3. The Bertz CT molecular complexity index is 1610. The predicted octanol–water partition coefficient (Wildman–Crippen LogP) is 4.63. The summed E-state index contributed by atoms with van der Waals surface area (Å²) in [5, 5.41) is 9.13. The van der Waals surface area contributed by atoms with E-state index in [-0.39, 0.29) is 23.7 Å². The van der Waals surface area contributed by atoms with Crippen LogP contribution in [0.5, 0.6) is 23.0 Å². The number of nitrogens with zero attached hydrogens (tertiary/aromatic N) is 1. The van der Waals surface area contributed by atoms with Crippen molar-refractivity contribution >= 4 is 23.2 Å². The molecule has 0 saturated heterocycles. The third kappa shape index (κ3) is 8.48. The molecule has 0 aliphatic heterocycles. The summed E-state index contributed by atoms with van der Waals surface area (Å²) < 4.78 is 22.8. The Hall–Kier alpha value is -4.77. The lowest BCUT2D eigenvalue weighted by molar-refractivity contribution is -0.119. The Morgan fingerprint density at radius 3 is 2.46 bits per heavy atom. The largest absolute Gasteiger partial charge is 0.493 e. The summed E-state index contributed by atoms with van der Waals surface area (Å²) in [5.41, 5.74) is 4.00. The van der Waals surface area contributed by atoms with E-state index in [2.05, 4.69) is 16.0 Å². The highest BCUT2D eigenvalue weighted by molar-refractivity contribution is 5.91. The van der Waals surface area contributed by atoms with Gasteiger partial charge in [-0.1, -0.05) is 12.1 Å². The maximum absolute atomic E-state index is 13.5. The van der Waals surface area contributed by atoms with E-state index in [0.29, 0.717) is 72.4 Å². The zero-order chi connectivity index (χ0) is 33.2. The van der Waals surface area contributed by atoms with Crippen LogP contribution >= 0.6 is 0 Å². The number of nitrogens with one attached hydrogen (secondary N) is 3. The molecule has 246 valence electrons. The van der Waals surface area contributed by atoms with Gasteiger partial charge in [-0.3, -0.25) is 14.4 Å². The van der Waals surface area contributed by atoms with Gasteiger partial charge in [-0.2, -0.15) is 0 Å². The molecule has 1 aliphatic rings. The van der Waals surface area contributed by atoms with Crippen LogP contribution < -0.4 is 40.3 Å². The first kappa shape index (κ1) is 34.1. The molecule has 0 heterocycles. The molecule has 0 spiro atoms. The van der Waals surface area contributed by atoms with E-state index in [1.807, 2.05) is 49.3 Å². The van der Waals surface area contributed by atoms with Crippen molar-refractivity contribution < 1.29 is 28.5 Å². The first-order valence-electron chi connectivity index (χ1n) is 15.3. The summed E-state index contributed by atoms with van der Waals surface area (Å²) in [7, 11) is 8.64. The van der Waals surface area contributed by atoms with E-state index < -0.39 is 6.04 Å². The van der Waals surface area contributed by atoms with Crippen molar-refractivity contribution in [3.05, 3.63) is 69.9 Å². The molecule has 46 heavy (non-hydrogen) atoms. The van der Waals surface area contributed by atoms with Crippen LogP contribution in [0.25, 0.3) is 11.1 Å². The minimum absolute atomic E-state index is 0.133. The Kier molecular flexibility index (Phi) is 11.9. The molecule has 3 aromatic carbocycles. The summed E-state index contributed by atoms with van der Waals surface area (Å²) in [6.07, 6.45) is 1.96. The number of carbonyl (C=O) groups is 2. The number of anilines is 2. The van der Waals surface area contributed by atoms with Crippen molar-refractivity contribution in [2.24, 2.45) is 0 Å². The molecule has 0 radical (unpaired) electrons. The molecule has 0 aromatic heterocycles. The SMILES string of the molecule is COc1cc2c(c(OC)c1OC)-c1ccc(NCCCC(=O)Nc3cccc(OCCN(C)C)c3)c(=O)cc1[C@@H](NC(C)=O)CC2. The van der Waals surface area contributed by atoms with Crippen molar-refractivity contribution in [2.45, 2.75) is 38.6 Å². The van der Waals surface area contributed by atoms with E-state index in [1.54, 1.807) is 39.5 Å². The van der Waals surface area contributed by atoms with Gasteiger partial charge < -0.3 is 39.8 Å². The number of rotatable bonds is 14. The molecule has 2 amide bonds. The number of ether oxygens (including phenoxy) is 4. The van der Waals surface area contributed by atoms with Crippen LogP contribution in [0.1, 0.15) is 43.4 Å². The molecule has 0 bridgehead atoms. The highest BCUT2D eigenvalue weighted by atomic mass is 16.5. The molecule has 0 saturated carbocycles. The lowest BCUT2D eigenvalue weighted by atomic mass is 9.95. The second kappa shape index (κ2) is 16.0.